The van der Waals surface area contributed by atoms with Crippen molar-refractivity contribution in [3.63, 3.8) is 0 Å². The van der Waals surface area contributed by atoms with E-state index in [4.69, 9.17) is 5.26 Å². The van der Waals surface area contributed by atoms with Gasteiger partial charge in [0.05, 0.1) is 33.2 Å². The van der Waals surface area contributed by atoms with Gasteiger partial charge in [0, 0.05) is 11.9 Å². The summed E-state index contributed by atoms with van der Waals surface area (Å²) < 4.78 is 23.2. The van der Waals surface area contributed by atoms with E-state index in [0.717, 1.165) is 43.7 Å². The number of nitriles is 1. The SMILES string of the molecule is C[NH+]1CCN(c2ccccc2/C=C(\C#N)S(C)(=O)=O)CC1. The first kappa shape index (κ1) is 15.5. The molecule has 21 heavy (non-hydrogen) atoms. The highest BCUT2D eigenvalue weighted by Crippen LogP contribution is 2.24. The van der Waals surface area contributed by atoms with Crippen LogP contribution < -0.4 is 9.80 Å². The summed E-state index contributed by atoms with van der Waals surface area (Å²) in [5.41, 5.74) is 1.76. The molecule has 0 aliphatic carbocycles. The maximum atomic E-state index is 11.6. The normalized spacial score (nSPS) is 17.6. The Bertz CT molecular complexity index is 681. The third kappa shape index (κ3) is 3.84. The van der Waals surface area contributed by atoms with Crippen molar-refractivity contribution >= 4 is 21.6 Å². The van der Waals surface area contributed by atoms with Crippen LogP contribution in [0, 0.1) is 11.3 Å². The Morgan fingerprint density at radius 1 is 1.33 bits per heavy atom. The summed E-state index contributed by atoms with van der Waals surface area (Å²) in [5, 5.41) is 9.04. The highest BCUT2D eigenvalue weighted by molar-refractivity contribution is 7.95. The van der Waals surface area contributed by atoms with E-state index in [1.807, 2.05) is 24.3 Å². The molecule has 1 aliphatic heterocycles. The Labute approximate surface area is 126 Å². The van der Waals surface area contributed by atoms with Gasteiger partial charge >= 0.3 is 0 Å². The Hall–Kier alpha value is -1.84. The van der Waals surface area contributed by atoms with E-state index in [-0.39, 0.29) is 4.91 Å². The number of rotatable bonds is 3. The number of benzene rings is 1. The van der Waals surface area contributed by atoms with Crippen molar-refractivity contribution in [2.45, 2.75) is 0 Å². The molecule has 1 N–H and O–H groups in total. The van der Waals surface area contributed by atoms with Crippen LogP contribution in [0.1, 0.15) is 5.56 Å². The van der Waals surface area contributed by atoms with Gasteiger partial charge in [-0.25, -0.2) is 8.42 Å². The zero-order chi connectivity index (χ0) is 15.5. The number of para-hydroxylation sites is 1. The average Bonchev–Trinajstić information content (AvgIpc) is 2.45. The minimum atomic E-state index is -3.49. The van der Waals surface area contributed by atoms with Gasteiger partial charge in [0.1, 0.15) is 11.0 Å². The molecule has 1 aromatic rings. The van der Waals surface area contributed by atoms with E-state index < -0.39 is 9.84 Å². The molecule has 112 valence electrons. The second kappa shape index (κ2) is 6.29. The number of piperazine rings is 1. The van der Waals surface area contributed by atoms with E-state index in [1.54, 1.807) is 6.07 Å². The van der Waals surface area contributed by atoms with Gasteiger partial charge in [0.25, 0.3) is 0 Å². The fraction of sp³-hybridized carbons (Fsp3) is 0.400. The van der Waals surface area contributed by atoms with Crippen molar-refractivity contribution in [2.75, 3.05) is 44.4 Å². The van der Waals surface area contributed by atoms with E-state index >= 15 is 0 Å². The molecule has 0 spiro atoms. The molecule has 5 nitrogen and oxygen atoms in total. The van der Waals surface area contributed by atoms with Crippen LogP contribution in [0.2, 0.25) is 0 Å². The smallest absolute Gasteiger partial charge is 0.185 e. The topological polar surface area (TPSA) is 65.6 Å². The third-order valence-corrected chi connectivity index (χ3v) is 4.70. The Morgan fingerprint density at radius 2 is 1.95 bits per heavy atom. The first-order valence-electron chi connectivity index (χ1n) is 6.89. The predicted molar refractivity (Wildman–Crippen MR) is 83.7 cm³/mol. The van der Waals surface area contributed by atoms with E-state index in [2.05, 4.69) is 11.9 Å². The van der Waals surface area contributed by atoms with Crippen LogP contribution in [-0.4, -0.2) is 47.9 Å². The minimum absolute atomic E-state index is 0.199. The molecule has 0 unspecified atom stereocenters. The molecule has 0 saturated carbocycles. The van der Waals surface area contributed by atoms with Gasteiger partial charge in [-0.3, -0.25) is 0 Å². The fourth-order valence-corrected chi connectivity index (χ4v) is 2.90. The summed E-state index contributed by atoms with van der Waals surface area (Å²) in [6.45, 7) is 3.96. The van der Waals surface area contributed by atoms with Crippen molar-refractivity contribution in [3.8, 4) is 6.07 Å². The molecule has 2 rings (SSSR count). The first-order chi connectivity index (χ1) is 9.91. The van der Waals surface area contributed by atoms with Crippen LogP contribution in [0.4, 0.5) is 5.69 Å². The molecule has 6 heteroatoms. The number of nitrogens with one attached hydrogen (secondary N) is 1. The number of quaternary nitrogens is 1. The number of anilines is 1. The molecule has 1 saturated heterocycles. The Kier molecular flexibility index (Phi) is 4.66. The van der Waals surface area contributed by atoms with E-state index in [9.17, 15) is 8.42 Å². The second-order valence-electron chi connectivity index (χ2n) is 5.40. The number of nitrogens with zero attached hydrogens (tertiary/aromatic N) is 2. The monoisotopic (exact) mass is 306 g/mol. The van der Waals surface area contributed by atoms with Crippen LogP contribution in [-0.2, 0) is 9.84 Å². The first-order valence-corrected chi connectivity index (χ1v) is 8.78. The van der Waals surface area contributed by atoms with Gasteiger partial charge < -0.3 is 9.80 Å². The summed E-state index contributed by atoms with van der Waals surface area (Å²) in [4.78, 5) is 3.54. The Morgan fingerprint density at radius 3 is 2.52 bits per heavy atom. The van der Waals surface area contributed by atoms with Crippen LogP contribution in [0.15, 0.2) is 29.2 Å². The lowest BCUT2D eigenvalue weighted by Gasteiger charge is -2.32. The molecule has 0 atom stereocenters. The van der Waals surface area contributed by atoms with Crippen molar-refractivity contribution in [1.82, 2.24) is 0 Å². The Balaban J connectivity index is 2.38. The second-order valence-corrected chi connectivity index (χ2v) is 7.38. The number of hydrogen-bond acceptors (Lipinski definition) is 4. The maximum Gasteiger partial charge on any atom is 0.185 e. The molecular formula is C15H20N3O2S+. The van der Waals surface area contributed by atoms with Crippen molar-refractivity contribution in [3.05, 3.63) is 34.7 Å². The number of likely N-dealkylation sites (N-methyl/N-ethyl adjacent to an activating group) is 1. The lowest BCUT2D eigenvalue weighted by Crippen LogP contribution is -3.12. The third-order valence-electron chi connectivity index (χ3n) is 3.69. The molecule has 1 fully saturated rings. The molecule has 1 aromatic carbocycles. The quantitative estimate of drug-likeness (QED) is 0.794. The molecule has 0 radical (unpaired) electrons. The summed E-state index contributed by atoms with van der Waals surface area (Å²) in [5.74, 6) is 0. The van der Waals surface area contributed by atoms with Crippen LogP contribution >= 0.6 is 0 Å². The van der Waals surface area contributed by atoms with Gasteiger partial charge in [-0.1, -0.05) is 18.2 Å². The summed E-state index contributed by atoms with van der Waals surface area (Å²) in [6.07, 6.45) is 2.53. The minimum Gasteiger partial charge on any atom is -0.360 e. The largest absolute Gasteiger partial charge is 0.360 e. The van der Waals surface area contributed by atoms with Crippen LogP contribution in [0.5, 0.6) is 0 Å². The van der Waals surface area contributed by atoms with Gasteiger partial charge in [-0.05, 0) is 17.7 Å². The molecule has 0 bridgehead atoms. The molecule has 1 aliphatic rings. The highest BCUT2D eigenvalue weighted by Gasteiger charge is 2.19. The summed E-state index contributed by atoms with van der Waals surface area (Å²) >= 11 is 0. The lowest BCUT2D eigenvalue weighted by molar-refractivity contribution is -0.880. The van der Waals surface area contributed by atoms with Crippen molar-refractivity contribution in [2.24, 2.45) is 0 Å². The number of allylic oxidation sites excluding steroid dienone is 1. The average molecular weight is 306 g/mol. The molecule has 1 heterocycles. The zero-order valence-corrected chi connectivity index (χ0v) is 13.2. The van der Waals surface area contributed by atoms with Crippen LogP contribution in [0.25, 0.3) is 6.08 Å². The number of sulfone groups is 1. The van der Waals surface area contributed by atoms with Gasteiger partial charge in [0.2, 0.25) is 0 Å². The highest BCUT2D eigenvalue weighted by atomic mass is 32.2. The van der Waals surface area contributed by atoms with Gasteiger partial charge in [0.15, 0.2) is 9.84 Å². The number of hydrogen-bond donors (Lipinski definition) is 1. The zero-order valence-electron chi connectivity index (χ0n) is 12.3. The van der Waals surface area contributed by atoms with E-state index in [0.29, 0.717) is 0 Å². The summed E-state index contributed by atoms with van der Waals surface area (Å²) in [7, 11) is -1.32. The van der Waals surface area contributed by atoms with Gasteiger partial charge in [-0.2, -0.15) is 5.26 Å². The molecule has 0 aromatic heterocycles. The standard InChI is InChI=1S/C15H19N3O2S/c1-17-7-9-18(10-8-17)15-6-4-3-5-13(15)11-14(12-16)21(2,19)20/h3-6,11H,7-10H2,1-2H3/p+1/b14-11+. The lowest BCUT2D eigenvalue weighted by atomic mass is 10.1. The maximum absolute atomic E-state index is 11.6. The summed E-state index contributed by atoms with van der Waals surface area (Å²) in [6, 6.07) is 9.39. The van der Waals surface area contributed by atoms with Crippen molar-refractivity contribution < 1.29 is 13.3 Å². The van der Waals surface area contributed by atoms with E-state index in [1.165, 1.54) is 11.0 Å². The molecular weight excluding hydrogens is 286 g/mol. The van der Waals surface area contributed by atoms with Crippen LogP contribution in [0.3, 0.4) is 0 Å². The molecule has 0 amide bonds. The van der Waals surface area contributed by atoms with Gasteiger partial charge in [-0.15, -0.1) is 0 Å². The predicted octanol–water partition coefficient (Wildman–Crippen LogP) is -0.0696. The van der Waals surface area contributed by atoms with Crippen molar-refractivity contribution in [1.29, 1.82) is 5.26 Å². The fourth-order valence-electron chi connectivity index (χ4n) is 2.39.